The lowest BCUT2D eigenvalue weighted by molar-refractivity contribution is 0.163. The minimum Gasteiger partial charge on any atom is -0.328 e. The second-order valence-electron chi connectivity index (χ2n) is 1.80. The van der Waals surface area contributed by atoms with Crippen molar-refractivity contribution in [3.05, 3.63) is 0 Å². The lowest BCUT2D eigenvalue weighted by atomic mass is 10.2. The van der Waals surface area contributed by atoms with E-state index in [-0.39, 0.29) is 6.10 Å². The molecule has 0 saturated heterocycles. The van der Waals surface area contributed by atoms with E-state index in [2.05, 4.69) is 0 Å². The molecule has 0 radical (unpaired) electrons. The lowest BCUT2D eigenvalue weighted by Gasteiger charge is -2.12. The van der Waals surface area contributed by atoms with E-state index in [0.717, 1.165) is 12.8 Å². The summed E-state index contributed by atoms with van der Waals surface area (Å²) in [7, 11) is -2.15. The Bertz CT molecular complexity index is 63.2. The van der Waals surface area contributed by atoms with Gasteiger partial charge in [-0.25, -0.2) is 0 Å². The van der Waals surface area contributed by atoms with Crippen LogP contribution in [0.15, 0.2) is 0 Å². The van der Waals surface area contributed by atoms with Gasteiger partial charge in [-0.15, -0.1) is 0 Å². The third-order valence-electron chi connectivity index (χ3n) is 1.15. The van der Waals surface area contributed by atoms with Crippen molar-refractivity contribution >= 4 is 8.60 Å². The predicted molar refractivity (Wildman–Crippen MR) is 36.8 cm³/mol. The first kappa shape index (κ1) is 9.31. The highest BCUT2D eigenvalue weighted by molar-refractivity contribution is 7.39. The zero-order valence-electron chi connectivity index (χ0n) is 5.74. The van der Waals surface area contributed by atoms with Gasteiger partial charge in [-0.2, -0.15) is 0 Å². The average Bonchev–Trinajstić information content (AvgIpc) is 1.82. The molecule has 0 aliphatic rings. The topological polar surface area (TPSA) is 49.7 Å². The van der Waals surface area contributed by atoms with E-state index in [9.17, 15) is 0 Å². The molecule has 0 heterocycles. The van der Waals surface area contributed by atoms with Gasteiger partial charge >= 0.3 is 8.60 Å². The molecule has 0 spiro atoms. The van der Waals surface area contributed by atoms with Crippen molar-refractivity contribution in [2.45, 2.75) is 32.8 Å². The van der Waals surface area contributed by atoms with Gasteiger partial charge in [-0.05, 0) is 12.8 Å². The number of hydrogen-bond donors (Lipinski definition) is 2. The highest BCUT2D eigenvalue weighted by atomic mass is 31.2. The Morgan fingerprint density at radius 3 is 1.89 bits per heavy atom. The first-order valence-corrected chi connectivity index (χ1v) is 4.21. The van der Waals surface area contributed by atoms with Gasteiger partial charge < -0.3 is 14.3 Å². The van der Waals surface area contributed by atoms with Crippen LogP contribution in [-0.4, -0.2) is 15.9 Å². The highest BCUT2D eigenvalue weighted by Gasteiger charge is 2.08. The first-order chi connectivity index (χ1) is 4.20. The molecule has 0 fully saturated rings. The summed E-state index contributed by atoms with van der Waals surface area (Å²) in [6.45, 7) is 3.90. The van der Waals surface area contributed by atoms with Crippen molar-refractivity contribution in [2.75, 3.05) is 0 Å². The second kappa shape index (κ2) is 5.12. The van der Waals surface area contributed by atoms with E-state index in [4.69, 9.17) is 14.3 Å². The van der Waals surface area contributed by atoms with Crippen molar-refractivity contribution in [2.24, 2.45) is 0 Å². The molecular formula is C5H13O3P. The zero-order valence-corrected chi connectivity index (χ0v) is 6.64. The van der Waals surface area contributed by atoms with Crippen LogP contribution in [0, 0.1) is 0 Å². The largest absolute Gasteiger partial charge is 0.328 e. The molecule has 0 amide bonds. The second-order valence-corrected chi connectivity index (χ2v) is 2.51. The third kappa shape index (κ3) is 4.79. The van der Waals surface area contributed by atoms with Crippen LogP contribution in [0.2, 0.25) is 0 Å². The normalized spacial score (nSPS) is 11.3. The van der Waals surface area contributed by atoms with E-state index in [1.165, 1.54) is 0 Å². The van der Waals surface area contributed by atoms with E-state index in [1.807, 2.05) is 13.8 Å². The summed E-state index contributed by atoms with van der Waals surface area (Å²) in [4.78, 5) is 16.8. The first-order valence-electron chi connectivity index (χ1n) is 3.05. The Morgan fingerprint density at radius 2 is 1.78 bits per heavy atom. The summed E-state index contributed by atoms with van der Waals surface area (Å²) in [5.41, 5.74) is 0. The van der Waals surface area contributed by atoms with Gasteiger partial charge in [0.15, 0.2) is 0 Å². The van der Waals surface area contributed by atoms with E-state index in [0.29, 0.717) is 0 Å². The zero-order chi connectivity index (χ0) is 7.28. The van der Waals surface area contributed by atoms with E-state index >= 15 is 0 Å². The summed E-state index contributed by atoms with van der Waals surface area (Å²) < 4.78 is 4.72. The molecule has 4 heteroatoms. The molecule has 0 aliphatic carbocycles. The monoisotopic (exact) mass is 152 g/mol. The summed E-state index contributed by atoms with van der Waals surface area (Å²) in [5.74, 6) is 0. The van der Waals surface area contributed by atoms with Gasteiger partial charge in [-0.1, -0.05) is 13.8 Å². The van der Waals surface area contributed by atoms with Crippen LogP contribution in [0.1, 0.15) is 26.7 Å². The molecule has 0 aromatic carbocycles. The van der Waals surface area contributed by atoms with Crippen molar-refractivity contribution in [1.29, 1.82) is 0 Å². The summed E-state index contributed by atoms with van der Waals surface area (Å²) in [6, 6.07) is 0. The standard InChI is InChI=1S/C5H13O3P/c1-3-5(4-2)8-9(6)7/h5-7H,3-4H2,1-2H3. The molecule has 0 saturated carbocycles. The summed E-state index contributed by atoms with van der Waals surface area (Å²) in [6.07, 6.45) is 1.67. The molecule has 0 aromatic rings. The molecule has 0 rings (SSSR count). The minimum atomic E-state index is -2.15. The number of hydrogen-bond acceptors (Lipinski definition) is 3. The van der Waals surface area contributed by atoms with Crippen molar-refractivity contribution in [3.63, 3.8) is 0 Å². The van der Waals surface area contributed by atoms with Crippen LogP contribution in [0.3, 0.4) is 0 Å². The SMILES string of the molecule is CCC(CC)OP(O)O. The Morgan fingerprint density at radius 1 is 1.33 bits per heavy atom. The molecule has 2 N–H and O–H groups in total. The van der Waals surface area contributed by atoms with Crippen molar-refractivity contribution in [3.8, 4) is 0 Å². The van der Waals surface area contributed by atoms with Crippen LogP contribution in [0.25, 0.3) is 0 Å². The fourth-order valence-electron chi connectivity index (χ4n) is 0.571. The Kier molecular flexibility index (Phi) is 5.30. The van der Waals surface area contributed by atoms with Crippen LogP contribution in [-0.2, 0) is 4.52 Å². The average molecular weight is 152 g/mol. The van der Waals surface area contributed by atoms with Crippen LogP contribution >= 0.6 is 8.60 Å². The van der Waals surface area contributed by atoms with Crippen LogP contribution in [0.4, 0.5) is 0 Å². The van der Waals surface area contributed by atoms with Crippen molar-refractivity contribution < 1.29 is 14.3 Å². The maximum atomic E-state index is 8.38. The number of rotatable bonds is 4. The molecule has 0 bridgehead atoms. The maximum Gasteiger partial charge on any atom is 0.327 e. The Labute approximate surface area is 56.7 Å². The van der Waals surface area contributed by atoms with Gasteiger partial charge in [-0.3, -0.25) is 0 Å². The summed E-state index contributed by atoms with van der Waals surface area (Å²) in [5, 5.41) is 0. The third-order valence-corrected chi connectivity index (χ3v) is 1.64. The highest BCUT2D eigenvalue weighted by Crippen LogP contribution is 2.28. The molecule has 56 valence electrons. The van der Waals surface area contributed by atoms with Crippen molar-refractivity contribution in [1.82, 2.24) is 0 Å². The molecule has 9 heavy (non-hydrogen) atoms. The Hall–Kier alpha value is 0.310. The lowest BCUT2D eigenvalue weighted by Crippen LogP contribution is -2.05. The molecule has 0 aliphatic heterocycles. The van der Waals surface area contributed by atoms with E-state index in [1.54, 1.807) is 0 Å². The molecule has 0 unspecified atom stereocenters. The maximum absolute atomic E-state index is 8.38. The van der Waals surface area contributed by atoms with Gasteiger partial charge in [0, 0.05) is 0 Å². The fraction of sp³-hybridized carbons (Fsp3) is 1.00. The molecule has 3 nitrogen and oxygen atoms in total. The fourth-order valence-corrected chi connectivity index (χ4v) is 1.14. The van der Waals surface area contributed by atoms with Crippen LogP contribution < -0.4 is 0 Å². The van der Waals surface area contributed by atoms with E-state index < -0.39 is 8.60 Å². The van der Waals surface area contributed by atoms with Gasteiger partial charge in [0.25, 0.3) is 0 Å². The molecule has 0 atom stereocenters. The molecule has 0 aromatic heterocycles. The van der Waals surface area contributed by atoms with Gasteiger partial charge in [0.05, 0.1) is 6.10 Å². The van der Waals surface area contributed by atoms with Gasteiger partial charge in [0.2, 0.25) is 0 Å². The smallest absolute Gasteiger partial charge is 0.327 e. The molecular weight excluding hydrogens is 139 g/mol. The quantitative estimate of drug-likeness (QED) is 0.598. The minimum absolute atomic E-state index is 0.00566. The van der Waals surface area contributed by atoms with Crippen LogP contribution in [0.5, 0.6) is 0 Å². The summed E-state index contributed by atoms with van der Waals surface area (Å²) >= 11 is 0. The van der Waals surface area contributed by atoms with Gasteiger partial charge in [0.1, 0.15) is 0 Å². The Balaban J connectivity index is 3.31. The predicted octanol–water partition coefficient (Wildman–Crippen LogP) is 1.40.